The third kappa shape index (κ3) is 6.09. The second kappa shape index (κ2) is 10.1. The lowest BCUT2D eigenvalue weighted by Gasteiger charge is -2.36. The first-order valence-electron chi connectivity index (χ1n) is 9.92. The highest BCUT2D eigenvalue weighted by Gasteiger charge is 2.20. The lowest BCUT2D eigenvalue weighted by Crippen LogP contribution is -2.48. The molecule has 0 aromatic heterocycles. The topological polar surface area (TPSA) is 52.7 Å². The molecule has 152 valence electrons. The van der Waals surface area contributed by atoms with Crippen molar-refractivity contribution in [3.05, 3.63) is 65.2 Å². The van der Waals surface area contributed by atoms with Crippen molar-refractivity contribution in [2.45, 2.75) is 19.8 Å². The summed E-state index contributed by atoms with van der Waals surface area (Å²) in [5, 5.41) is 3.53. The average molecular weight is 412 g/mol. The highest BCUT2D eigenvalue weighted by Crippen LogP contribution is 2.20. The van der Waals surface area contributed by atoms with Gasteiger partial charge in [0.1, 0.15) is 0 Å². The molecule has 1 N–H and O–H groups in total. The van der Waals surface area contributed by atoms with E-state index in [1.165, 1.54) is 6.08 Å². The number of carbonyl (C=O) groups is 2. The Balaban J connectivity index is 1.50. The van der Waals surface area contributed by atoms with Gasteiger partial charge in [-0.2, -0.15) is 0 Å². The zero-order valence-electron chi connectivity index (χ0n) is 16.6. The summed E-state index contributed by atoms with van der Waals surface area (Å²) in [7, 11) is 0. The molecule has 6 heteroatoms. The van der Waals surface area contributed by atoms with Crippen LogP contribution in [0.15, 0.2) is 54.6 Å². The van der Waals surface area contributed by atoms with Crippen molar-refractivity contribution in [1.29, 1.82) is 0 Å². The van der Waals surface area contributed by atoms with Crippen molar-refractivity contribution < 1.29 is 9.59 Å². The SMILES string of the molecule is CCCC(=O)N1CCN(c2ccc(NC(=O)C=Cc3ccc(Cl)cc3)cc2)CC1. The van der Waals surface area contributed by atoms with Gasteiger partial charge in [-0.05, 0) is 54.5 Å². The molecule has 5 nitrogen and oxygen atoms in total. The number of halogens is 1. The summed E-state index contributed by atoms with van der Waals surface area (Å²) >= 11 is 5.86. The lowest BCUT2D eigenvalue weighted by atomic mass is 10.2. The van der Waals surface area contributed by atoms with Gasteiger partial charge in [-0.3, -0.25) is 9.59 Å². The standard InChI is InChI=1S/C23H26ClN3O2/c1-2-3-23(29)27-16-14-26(15-17-27)21-11-9-20(10-12-21)25-22(28)13-6-18-4-7-19(24)8-5-18/h4-13H,2-3,14-17H2,1H3,(H,25,28). The predicted molar refractivity (Wildman–Crippen MR) is 119 cm³/mol. The van der Waals surface area contributed by atoms with Crippen LogP contribution in [-0.4, -0.2) is 42.9 Å². The van der Waals surface area contributed by atoms with E-state index in [0.717, 1.165) is 49.5 Å². The van der Waals surface area contributed by atoms with Gasteiger partial charge in [0, 0.05) is 55.1 Å². The van der Waals surface area contributed by atoms with E-state index in [1.54, 1.807) is 18.2 Å². The van der Waals surface area contributed by atoms with Crippen LogP contribution in [0.5, 0.6) is 0 Å². The van der Waals surface area contributed by atoms with Crippen LogP contribution >= 0.6 is 11.6 Å². The number of carbonyl (C=O) groups excluding carboxylic acids is 2. The largest absolute Gasteiger partial charge is 0.368 e. The summed E-state index contributed by atoms with van der Waals surface area (Å²) in [5.74, 6) is 0.0626. The molecule has 3 rings (SSSR count). The van der Waals surface area contributed by atoms with E-state index < -0.39 is 0 Å². The summed E-state index contributed by atoms with van der Waals surface area (Å²) in [6.45, 7) is 5.19. The number of rotatable bonds is 6. The Bertz CT molecular complexity index is 855. The number of nitrogens with zero attached hydrogens (tertiary/aromatic N) is 2. The Labute approximate surface area is 177 Å². The zero-order valence-corrected chi connectivity index (χ0v) is 17.4. The quantitative estimate of drug-likeness (QED) is 0.715. The van der Waals surface area contributed by atoms with Crippen LogP contribution in [0.25, 0.3) is 6.08 Å². The molecule has 0 atom stereocenters. The smallest absolute Gasteiger partial charge is 0.248 e. The van der Waals surface area contributed by atoms with Crippen LogP contribution in [0, 0.1) is 0 Å². The summed E-state index contributed by atoms with van der Waals surface area (Å²) in [5.41, 5.74) is 2.76. The molecule has 1 saturated heterocycles. The van der Waals surface area contributed by atoms with Crippen molar-refractivity contribution in [2.75, 3.05) is 36.4 Å². The first-order valence-corrected chi connectivity index (χ1v) is 10.3. The van der Waals surface area contributed by atoms with Crippen LogP contribution in [0.4, 0.5) is 11.4 Å². The lowest BCUT2D eigenvalue weighted by molar-refractivity contribution is -0.131. The van der Waals surface area contributed by atoms with Crippen molar-refractivity contribution in [3.8, 4) is 0 Å². The zero-order chi connectivity index (χ0) is 20.6. The molecule has 2 amide bonds. The van der Waals surface area contributed by atoms with Gasteiger partial charge in [-0.1, -0.05) is 30.7 Å². The monoisotopic (exact) mass is 411 g/mol. The van der Waals surface area contributed by atoms with Gasteiger partial charge < -0.3 is 15.1 Å². The number of hydrogen-bond donors (Lipinski definition) is 1. The molecule has 2 aromatic rings. The van der Waals surface area contributed by atoms with E-state index >= 15 is 0 Å². The molecule has 0 saturated carbocycles. The molecule has 0 spiro atoms. The molecular weight excluding hydrogens is 386 g/mol. The van der Waals surface area contributed by atoms with E-state index in [2.05, 4.69) is 10.2 Å². The molecule has 1 aliphatic rings. The fourth-order valence-corrected chi connectivity index (χ4v) is 3.40. The van der Waals surface area contributed by atoms with Gasteiger partial charge in [0.25, 0.3) is 0 Å². The van der Waals surface area contributed by atoms with Gasteiger partial charge in [0.2, 0.25) is 11.8 Å². The van der Waals surface area contributed by atoms with Crippen LogP contribution in [-0.2, 0) is 9.59 Å². The van der Waals surface area contributed by atoms with E-state index in [-0.39, 0.29) is 11.8 Å². The molecule has 2 aromatic carbocycles. The fourth-order valence-electron chi connectivity index (χ4n) is 3.27. The normalized spacial score (nSPS) is 14.3. The second-order valence-electron chi connectivity index (χ2n) is 7.04. The third-order valence-electron chi connectivity index (χ3n) is 4.89. The molecule has 1 aliphatic heterocycles. The molecule has 29 heavy (non-hydrogen) atoms. The van der Waals surface area contributed by atoms with E-state index in [9.17, 15) is 9.59 Å². The first kappa shape index (κ1) is 20.9. The van der Waals surface area contributed by atoms with Crippen LogP contribution in [0.1, 0.15) is 25.3 Å². The highest BCUT2D eigenvalue weighted by molar-refractivity contribution is 6.30. The van der Waals surface area contributed by atoms with Crippen LogP contribution in [0.3, 0.4) is 0 Å². The molecule has 1 fully saturated rings. The van der Waals surface area contributed by atoms with Gasteiger partial charge in [-0.15, -0.1) is 0 Å². The Morgan fingerprint density at radius 2 is 1.66 bits per heavy atom. The minimum absolute atomic E-state index is 0.184. The summed E-state index contributed by atoms with van der Waals surface area (Å²) < 4.78 is 0. The average Bonchev–Trinajstić information content (AvgIpc) is 2.74. The van der Waals surface area contributed by atoms with Gasteiger partial charge in [0.05, 0.1) is 0 Å². The van der Waals surface area contributed by atoms with Gasteiger partial charge in [-0.25, -0.2) is 0 Å². The molecule has 0 bridgehead atoms. The first-order chi connectivity index (χ1) is 14.0. The maximum absolute atomic E-state index is 12.1. The second-order valence-corrected chi connectivity index (χ2v) is 7.48. The molecule has 0 aliphatic carbocycles. The maximum Gasteiger partial charge on any atom is 0.248 e. The molecular formula is C23H26ClN3O2. The molecule has 0 radical (unpaired) electrons. The maximum atomic E-state index is 12.1. The fraction of sp³-hybridized carbons (Fsp3) is 0.304. The van der Waals surface area contributed by atoms with E-state index in [0.29, 0.717) is 11.4 Å². The number of anilines is 2. The number of amides is 2. The minimum atomic E-state index is -0.184. The van der Waals surface area contributed by atoms with E-state index in [4.69, 9.17) is 11.6 Å². The van der Waals surface area contributed by atoms with Gasteiger partial charge >= 0.3 is 0 Å². The Hall–Kier alpha value is -2.79. The predicted octanol–water partition coefficient (Wildman–Crippen LogP) is 4.44. The Kier molecular flexibility index (Phi) is 7.30. The number of benzene rings is 2. The van der Waals surface area contributed by atoms with Crippen LogP contribution < -0.4 is 10.2 Å². The van der Waals surface area contributed by atoms with Crippen molar-refractivity contribution in [3.63, 3.8) is 0 Å². The van der Waals surface area contributed by atoms with Crippen molar-refractivity contribution >= 4 is 40.9 Å². The number of piperazine rings is 1. The summed E-state index contributed by atoms with van der Waals surface area (Å²) in [6.07, 6.45) is 4.77. The minimum Gasteiger partial charge on any atom is -0.368 e. The Morgan fingerprint density at radius 3 is 2.28 bits per heavy atom. The highest BCUT2D eigenvalue weighted by atomic mass is 35.5. The van der Waals surface area contributed by atoms with Crippen molar-refractivity contribution in [1.82, 2.24) is 4.90 Å². The van der Waals surface area contributed by atoms with Gasteiger partial charge in [0.15, 0.2) is 0 Å². The van der Waals surface area contributed by atoms with Crippen molar-refractivity contribution in [2.24, 2.45) is 0 Å². The summed E-state index contributed by atoms with van der Waals surface area (Å²) in [6, 6.07) is 15.1. The Morgan fingerprint density at radius 1 is 1.00 bits per heavy atom. The number of nitrogens with one attached hydrogen (secondary N) is 1. The number of hydrogen-bond acceptors (Lipinski definition) is 3. The summed E-state index contributed by atoms with van der Waals surface area (Å²) in [4.78, 5) is 28.3. The van der Waals surface area contributed by atoms with E-state index in [1.807, 2.05) is 48.2 Å². The van der Waals surface area contributed by atoms with Crippen LogP contribution in [0.2, 0.25) is 5.02 Å². The third-order valence-corrected chi connectivity index (χ3v) is 5.15. The molecule has 0 unspecified atom stereocenters. The molecule has 1 heterocycles.